The number of hydrogen-bond donors (Lipinski definition) is 1. The van der Waals surface area contributed by atoms with Gasteiger partial charge in [-0.2, -0.15) is 0 Å². The van der Waals surface area contributed by atoms with Gasteiger partial charge in [-0.1, -0.05) is 72.3 Å². The van der Waals surface area contributed by atoms with Crippen molar-refractivity contribution in [1.29, 1.82) is 0 Å². The van der Waals surface area contributed by atoms with Gasteiger partial charge in [-0.25, -0.2) is 0 Å². The lowest BCUT2D eigenvalue weighted by Crippen LogP contribution is -2.45. The molecule has 31 heavy (non-hydrogen) atoms. The van der Waals surface area contributed by atoms with Crippen LogP contribution in [0.15, 0.2) is 78.9 Å². The van der Waals surface area contributed by atoms with E-state index in [1.807, 2.05) is 42.5 Å². The van der Waals surface area contributed by atoms with E-state index in [0.29, 0.717) is 5.75 Å². The van der Waals surface area contributed by atoms with Crippen LogP contribution in [0.5, 0.6) is 5.75 Å². The predicted molar refractivity (Wildman–Crippen MR) is 125 cm³/mol. The van der Waals surface area contributed by atoms with Crippen molar-refractivity contribution < 1.29 is 9.53 Å². The van der Waals surface area contributed by atoms with Crippen molar-refractivity contribution >= 4 is 5.91 Å². The molecule has 1 aliphatic rings. The van der Waals surface area contributed by atoms with Gasteiger partial charge in [-0.05, 0) is 48.6 Å². The smallest absolute Gasteiger partial charge is 0.258 e. The number of rotatable bonds is 7. The van der Waals surface area contributed by atoms with Gasteiger partial charge in [-0.15, -0.1) is 0 Å². The van der Waals surface area contributed by atoms with Crippen LogP contribution in [-0.2, 0) is 11.3 Å². The third-order valence-corrected chi connectivity index (χ3v) is 5.81. The van der Waals surface area contributed by atoms with Crippen molar-refractivity contribution in [1.82, 2.24) is 10.2 Å². The van der Waals surface area contributed by atoms with Gasteiger partial charge in [0, 0.05) is 25.7 Å². The van der Waals surface area contributed by atoms with Crippen molar-refractivity contribution in [2.75, 3.05) is 19.7 Å². The van der Waals surface area contributed by atoms with Crippen molar-refractivity contribution in [3.8, 4) is 16.9 Å². The molecule has 3 aromatic rings. The van der Waals surface area contributed by atoms with E-state index in [9.17, 15) is 4.79 Å². The molecular weight excluding hydrogens is 384 g/mol. The molecule has 0 radical (unpaired) electrons. The van der Waals surface area contributed by atoms with Gasteiger partial charge < -0.3 is 10.1 Å². The van der Waals surface area contributed by atoms with Crippen LogP contribution in [0, 0.1) is 6.92 Å². The average Bonchev–Trinajstić information content (AvgIpc) is 2.81. The largest absolute Gasteiger partial charge is 0.484 e. The second-order valence-corrected chi connectivity index (χ2v) is 8.28. The van der Waals surface area contributed by atoms with E-state index >= 15 is 0 Å². The molecule has 1 saturated heterocycles. The Balaban J connectivity index is 1.18. The van der Waals surface area contributed by atoms with Gasteiger partial charge in [-0.3, -0.25) is 9.69 Å². The van der Waals surface area contributed by atoms with Crippen molar-refractivity contribution in [3.63, 3.8) is 0 Å². The molecule has 160 valence electrons. The molecule has 4 heteroatoms. The maximum atomic E-state index is 12.3. The Hall–Kier alpha value is -3.11. The second kappa shape index (κ2) is 10.3. The summed E-state index contributed by atoms with van der Waals surface area (Å²) in [5.74, 6) is 0.659. The van der Waals surface area contributed by atoms with Gasteiger partial charge in [0.1, 0.15) is 5.75 Å². The fourth-order valence-corrected chi connectivity index (χ4v) is 3.98. The fraction of sp³-hybridized carbons (Fsp3) is 0.296. The van der Waals surface area contributed by atoms with Gasteiger partial charge in [0.25, 0.3) is 5.91 Å². The van der Waals surface area contributed by atoms with E-state index in [0.717, 1.165) is 38.0 Å². The van der Waals surface area contributed by atoms with Crippen LogP contribution in [0.3, 0.4) is 0 Å². The Morgan fingerprint density at radius 1 is 0.903 bits per heavy atom. The SMILES string of the molecule is Cc1ccc(CN2CCC(NC(=O)COc3ccc(-c4ccccc4)cc3)CC2)cc1. The summed E-state index contributed by atoms with van der Waals surface area (Å²) in [5, 5.41) is 3.13. The molecule has 1 fully saturated rings. The second-order valence-electron chi connectivity index (χ2n) is 8.28. The van der Waals surface area contributed by atoms with Crippen LogP contribution in [0.25, 0.3) is 11.1 Å². The molecule has 0 spiro atoms. The molecule has 4 rings (SSSR count). The predicted octanol–water partition coefficient (Wildman–Crippen LogP) is 4.82. The van der Waals surface area contributed by atoms with Crippen molar-refractivity contribution in [3.05, 3.63) is 90.0 Å². The highest BCUT2D eigenvalue weighted by Gasteiger charge is 2.20. The molecule has 0 aromatic heterocycles. The summed E-state index contributed by atoms with van der Waals surface area (Å²) in [5.41, 5.74) is 4.94. The van der Waals surface area contributed by atoms with Crippen LogP contribution in [0.2, 0.25) is 0 Å². The summed E-state index contributed by atoms with van der Waals surface area (Å²) in [4.78, 5) is 14.8. The Labute approximate surface area is 184 Å². The standard InChI is InChI=1S/C27H30N2O2/c1-21-7-9-22(10-8-21)19-29-17-15-25(16-18-29)28-27(30)20-31-26-13-11-24(12-14-26)23-5-3-2-4-6-23/h2-14,25H,15-20H2,1H3,(H,28,30). The number of carbonyl (C=O) groups is 1. The summed E-state index contributed by atoms with van der Waals surface area (Å²) in [6.45, 7) is 5.14. The number of likely N-dealkylation sites (tertiary alicyclic amines) is 1. The highest BCUT2D eigenvalue weighted by molar-refractivity contribution is 5.77. The lowest BCUT2D eigenvalue weighted by Gasteiger charge is -2.32. The first-order valence-corrected chi connectivity index (χ1v) is 11.0. The Morgan fingerprint density at radius 2 is 1.55 bits per heavy atom. The van der Waals surface area contributed by atoms with E-state index in [1.54, 1.807) is 0 Å². The first-order chi connectivity index (χ1) is 15.2. The number of aryl methyl sites for hydroxylation is 1. The third kappa shape index (κ3) is 6.19. The summed E-state index contributed by atoms with van der Waals surface area (Å²) in [7, 11) is 0. The minimum atomic E-state index is -0.0517. The normalized spacial score (nSPS) is 14.9. The monoisotopic (exact) mass is 414 g/mol. The van der Waals surface area contributed by atoms with E-state index in [1.165, 1.54) is 16.7 Å². The van der Waals surface area contributed by atoms with Gasteiger partial charge in [0.05, 0.1) is 0 Å². The number of hydrogen-bond acceptors (Lipinski definition) is 3. The van der Waals surface area contributed by atoms with E-state index < -0.39 is 0 Å². The van der Waals surface area contributed by atoms with Gasteiger partial charge in [0.15, 0.2) is 6.61 Å². The van der Waals surface area contributed by atoms with E-state index in [-0.39, 0.29) is 18.6 Å². The zero-order chi connectivity index (χ0) is 21.5. The van der Waals surface area contributed by atoms with Crippen molar-refractivity contribution in [2.45, 2.75) is 32.4 Å². The maximum absolute atomic E-state index is 12.3. The number of piperidine rings is 1. The van der Waals surface area contributed by atoms with Crippen LogP contribution < -0.4 is 10.1 Å². The number of amides is 1. The number of nitrogens with zero attached hydrogens (tertiary/aromatic N) is 1. The molecule has 1 N–H and O–H groups in total. The summed E-state index contributed by atoms with van der Waals surface area (Å²) in [6, 6.07) is 27.0. The summed E-state index contributed by atoms with van der Waals surface area (Å²) < 4.78 is 5.69. The topological polar surface area (TPSA) is 41.6 Å². The molecule has 4 nitrogen and oxygen atoms in total. The minimum absolute atomic E-state index is 0.0499. The van der Waals surface area contributed by atoms with Crippen LogP contribution in [-0.4, -0.2) is 36.5 Å². The maximum Gasteiger partial charge on any atom is 0.258 e. The van der Waals surface area contributed by atoms with E-state index in [2.05, 4.69) is 53.5 Å². The molecule has 1 heterocycles. The molecule has 0 aliphatic carbocycles. The molecule has 0 atom stereocenters. The lowest BCUT2D eigenvalue weighted by molar-refractivity contribution is -0.124. The van der Waals surface area contributed by atoms with Crippen molar-refractivity contribution in [2.24, 2.45) is 0 Å². The quantitative estimate of drug-likeness (QED) is 0.603. The zero-order valence-electron chi connectivity index (χ0n) is 18.1. The number of carbonyl (C=O) groups excluding carboxylic acids is 1. The van der Waals surface area contributed by atoms with Crippen LogP contribution in [0.4, 0.5) is 0 Å². The third-order valence-electron chi connectivity index (χ3n) is 5.81. The number of ether oxygens (including phenoxy) is 1. The van der Waals surface area contributed by atoms with Gasteiger partial charge in [0.2, 0.25) is 0 Å². The number of nitrogens with one attached hydrogen (secondary N) is 1. The Kier molecular flexibility index (Phi) is 7.00. The first kappa shape index (κ1) is 21.1. The molecule has 0 bridgehead atoms. The highest BCUT2D eigenvalue weighted by Crippen LogP contribution is 2.22. The zero-order valence-corrected chi connectivity index (χ0v) is 18.1. The summed E-state index contributed by atoms with van der Waals surface area (Å²) >= 11 is 0. The van der Waals surface area contributed by atoms with Crippen LogP contribution >= 0.6 is 0 Å². The van der Waals surface area contributed by atoms with E-state index in [4.69, 9.17) is 4.74 Å². The molecule has 0 saturated carbocycles. The molecule has 1 amide bonds. The fourth-order valence-electron chi connectivity index (χ4n) is 3.98. The average molecular weight is 415 g/mol. The molecule has 0 unspecified atom stereocenters. The van der Waals surface area contributed by atoms with Crippen LogP contribution in [0.1, 0.15) is 24.0 Å². The first-order valence-electron chi connectivity index (χ1n) is 11.0. The Morgan fingerprint density at radius 3 is 2.23 bits per heavy atom. The highest BCUT2D eigenvalue weighted by atomic mass is 16.5. The minimum Gasteiger partial charge on any atom is -0.484 e. The van der Waals surface area contributed by atoms with Gasteiger partial charge >= 0.3 is 0 Å². The molecule has 3 aromatic carbocycles. The molecular formula is C27H30N2O2. The summed E-state index contributed by atoms with van der Waals surface area (Å²) in [6.07, 6.45) is 1.95. The molecule has 1 aliphatic heterocycles. The Bertz CT molecular complexity index is 960. The lowest BCUT2D eigenvalue weighted by atomic mass is 10.0. The number of benzene rings is 3.